The highest BCUT2D eigenvalue weighted by molar-refractivity contribution is 6.30. The summed E-state index contributed by atoms with van der Waals surface area (Å²) in [6.07, 6.45) is 1.86. The summed E-state index contributed by atoms with van der Waals surface area (Å²) in [6, 6.07) is 6.96. The van der Waals surface area contributed by atoms with E-state index in [1.54, 1.807) is 36.1 Å². The van der Waals surface area contributed by atoms with Gasteiger partial charge in [0.05, 0.1) is 5.92 Å². The van der Waals surface area contributed by atoms with Crippen LogP contribution in [-0.2, 0) is 4.79 Å². The second-order valence-electron chi connectivity index (χ2n) is 5.60. The molecule has 7 heteroatoms. The molecule has 0 radical (unpaired) electrons. The van der Waals surface area contributed by atoms with E-state index in [0.717, 1.165) is 19.4 Å². The second kappa shape index (κ2) is 7.00. The van der Waals surface area contributed by atoms with Gasteiger partial charge in [-0.15, -0.1) is 0 Å². The van der Waals surface area contributed by atoms with E-state index < -0.39 is 0 Å². The van der Waals surface area contributed by atoms with Crippen LogP contribution in [0.15, 0.2) is 28.8 Å². The number of hydrogen-bond donors (Lipinski definition) is 0. The van der Waals surface area contributed by atoms with Gasteiger partial charge in [-0.05, 0) is 44.0 Å². The third-order valence-corrected chi connectivity index (χ3v) is 4.09. The molecule has 3 rings (SSSR count). The Morgan fingerprint density at radius 3 is 2.91 bits per heavy atom. The maximum Gasteiger partial charge on any atom is 0.260 e. The van der Waals surface area contributed by atoms with Gasteiger partial charge in [0.1, 0.15) is 5.75 Å². The van der Waals surface area contributed by atoms with Crippen LogP contribution in [0, 0.1) is 6.92 Å². The SMILES string of the molecule is Cc1noc(C2CCCN(C(=O)COc3ccc(Cl)cc3)C2)n1. The van der Waals surface area contributed by atoms with Crippen LogP contribution in [0.1, 0.15) is 30.5 Å². The molecule has 6 nitrogen and oxygen atoms in total. The van der Waals surface area contributed by atoms with Crippen molar-refractivity contribution >= 4 is 17.5 Å². The van der Waals surface area contributed by atoms with Gasteiger partial charge in [0, 0.05) is 18.1 Å². The molecule has 0 saturated carbocycles. The number of aromatic nitrogens is 2. The fraction of sp³-hybridized carbons (Fsp3) is 0.438. The van der Waals surface area contributed by atoms with Crippen molar-refractivity contribution in [1.82, 2.24) is 15.0 Å². The molecule has 1 atom stereocenters. The third-order valence-electron chi connectivity index (χ3n) is 3.84. The molecule has 1 aliphatic rings. The minimum atomic E-state index is -0.0408. The lowest BCUT2D eigenvalue weighted by atomic mass is 9.98. The molecule has 122 valence electrons. The van der Waals surface area contributed by atoms with Gasteiger partial charge in [-0.25, -0.2) is 0 Å². The molecular weight excluding hydrogens is 318 g/mol. The number of carbonyl (C=O) groups excluding carboxylic acids is 1. The monoisotopic (exact) mass is 335 g/mol. The second-order valence-corrected chi connectivity index (χ2v) is 6.04. The van der Waals surface area contributed by atoms with Crippen LogP contribution >= 0.6 is 11.6 Å². The molecule has 0 aliphatic carbocycles. The molecule has 2 aromatic rings. The normalized spacial score (nSPS) is 18.0. The summed E-state index contributed by atoms with van der Waals surface area (Å²) in [5.41, 5.74) is 0. The molecular formula is C16H18ClN3O3. The number of ether oxygens (including phenoxy) is 1. The summed E-state index contributed by atoms with van der Waals surface area (Å²) >= 11 is 5.82. The molecule has 1 aliphatic heterocycles. The fourth-order valence-electron chi connectivity index (χ4n) is 2.65. The van der Waals surface area contributed by atoms with Crippen LogP contribution in [0.5, 0.6) is 5.75 Å². The van der Waals surface area contributed by atoms with Crippen molar-refractivity contribution in [3.05, 3.63) is 41.0 Å². The average molecular weight is 336 g/mol. The molecule has 1 aromatic carbocycles. The Labute approximate surface area is 139 Å². The van der Waals surface area contributed by atoms with Crippen molar-refractivity contribution in [1.29, 1.82) is 0 Å². The quantitative estimate of drug-likeness (QED) is 0.859. The van der Waals surface area contributed by atoms with Crippen molar-refractivity contribution in [3.63, 3.8) is 0 Å². The largest absolute Gasteiger partial charge is 0.484 e. The van der Waals surface area contributed by atoms with Gasteiger partial charge in [0.25, 0.3) is 5.91 Å². The zero-order valence-electron chi connectivity index (χ0n) is 12.9. The number of likely N-dealkylation sites (tertiary alicyclic amines) is 1. The Bertz CT molecular complexity index is 671. The molecule has 1 saturated heterocycles. The molecule has 23 heavy (non-hydrogen) atoms. The Kier molecular flexibility index (Phi) is 4.81. The van der Waals surface area contributed by atoms with Gasteiger partial charge in [-0.3, -0.25) is 4.79 Å². The van der Waals surface area contributed by atoms with E-state index in [4.69, 9.17) is 20.9 Å². The zero-order valence-corrected chi connectivity index (χ0v) is 13.6. The lowest BCUT2D eigenvalue weighted by molar-refractivity contribution is -0.134. The standard InChI is InChI=1S/C16H18ClN3O3/c1-11-18-16(23-19-11)12-3-2-8-20(9-12)15(21)10-22-14-6-4-13(17)5-7-14/h4-7,12H,2-3,8-10H2,1H3. The first-order valence-electron chi connectivity index (χ1n) is 7.58. The predicted molar refractivity (Wildman–Crippen MR) is 84.5 cm³/mol. The van der Waals surface area contributed by atoms with Crippen LogP contribution < -0.4 is 4.74 Å². The summed E-state index contributed by atoms with van der Waals surface area (Å²) < 4.78 is 10.7. The lowest BCUT2D eigenvalue weighted by Crippen LogP contribution is -2.41. The first-order chi connectivity index (χ1) is 11.1. The van der Waals surface area contributed by atoms with Crippen LogP contribution in [-0.4, -0.2) is 40.6 Å². The first-order valence-corrected chi connectivity index (χ1v) is 7.96. The number of hydrogen-bond acceptors (Lipinski definition) is 5. The topological polar surface area (TPSA) is 68.5 Å². The Morgan fingerprint density at radius 1 is 1.43 bits per heavy atom. The van der Waals surface area contributed by atoms with Crippen LogP contribution in [0.25, 0.3) is 0 Å². The smallest absolute Gasteiger partial charge is 0.260 e. The van der Waals surface area contributed by atoms with E-state index in [2.05, 4.69) is 10.1 Å². The lowest BCUT2D eigenvalue weighted by Gasteiger charge is -2.30. The number of rotatable bonds is 4. The Hall–Kier alpha value is -2.08. The van der Waals surface area contributed by atoms with E-state index in [9.17, 15) is 4.79 Å². The average Bonchev–Trinajstić information content (AvgIpc) is 3.01. The van der Waals surface area contributed by atoms with Gasteiger partial charge in [0.2, 0.25) is 5.89 Å². The van der Waals surface area contributed by atoms with E-state index in [1.807, 2.05) is 0 Å². The van der Waals surface area contributed by atoms with Gasteiger partial charge < -0.3 is 14.2 Å². The molecule has 0 N–H and O–H groups in total. The number of benzene rings is 1. The molecule has 1 unspecified atom stereocenters. The summed E-state index contributed by atoms with van der Waals surface area (Å²) in [4.78, 5) is 18.4. The fourth-order valence-corrected chi connectivity index (χ4v) is 2.78. The Balaban J connectivity index is 1.55. The first kappa shape index (κ1) is 15.8. The van der Waals surface area contributed by atoms with Crippen molar-refractivity contribution in [2.45, 2.75) is 25.7 Å². The highest BCUT2D eigenvalue weighted by Crippen LogP contribution is 2.25. The third kappa shape index (κ3) is 4.01. The summed E-state index contributed by atoms with van der Waals surface area (Å²) in [5, 5.41) is 4.46. The van der Waals surface area contributed by atoms with Crippen LogP contribution in [0.3, 0.4) is 0 Å². The number of aryl methyl sites for hydroxylation is 1. The summed E-state index contributed by atoms with van der Waals surface area (Å²) in [6.45, 7) is 3.12. The van der Waals surface area contributed by atoms with E-state index in [0.29, 0.717) is 29.0 Å². The van der Waals surface area contributed by atoms with E-state index >= 15 is 0 Å². The molecule has 0 bridgehead atoms. The molecule has 1 amide bonds. The van der Waals surface area contributed by atoms with Gasteiger partial charge in [-0.2, -0.15) is 4.98 Å². The minimum absolute atomic E-state index is 0.0111. The highest BCUT2D eigenvalue weighted by Gasteiger charge is 2.28. The number of piperidine rings is 1. The van der Waals surface area contributed by atoms with Crippen LogP contribution in [0.2, 0.25) is 5.02 Å². The Morgan fingerprint density at radius 2 is 2.22 bits per heavy atom. The maximum atomic E-state index is 12.3. The number of nitrogens with zero attached hydrogens (tertiary/aromatic N) is 3. The predicted octanol–water partition coefficient (Wildman–Crippen LogP) is 2.82. The number of amides is 1. The number of halogens is 1. The molecule has 1 fully saturated rings. The molecule has 0 spiro atoms. The zero-order chi connectivity index (χ0) is 16.2. The molecule has 2 heterocycles. The summed E-state index contributed by atoms with van der Waals surface area (Å²) in [7, 11) is 0. The van der Waals surface area contributed by atoms with Crippen molar-refractivity contribution in [2.75, 3.05) is 19.7 Å². The van der Waals surface area contributed by atoms with Gasteiger partial charge in [0.15, 0.2) is 12.4 Å². The maximum absolute atomic E-state index is 12.3. The number of carbonyl (C=O) groups is 1. The highest BCUT2D eigenvalue weighted by atomic mass is 35.5. The molecule has 1 aromatic heterocycles. The summed E-state index contributed by atoms with van der Waals surface area (Å²) in [5.74, 6) is 1.92. The minimum Gasteiger partial charge on any atom is -0.484 e. The van der Waals surface area contributed by atoms with Crippen molar-refractivity contribution in [2.24, 2.45) is 0 Å². The van der Waals surface area contributed by atoms with E-state index in [1.165, 1.54) is 0 Å². The van der Waals surface area contributed by atoms with Gasteiger partial charge >= 0.3 is 0 Å². The van der Waals surface area contributed by atoms with Crippen molar-refractivity contribution in [3.8, 4) is 5.75 Å². The van der Waals surface area contributed by atoms with Crippen molar-refractivity contribution < 1.29 is 14.1 Å². The van der Waals surface area contributed by atoms with E-state index in [-0.39, 0.29) is 18.4 Å². The van der Waals surface area contributed by atoms with Crippen LogP contribution in [0.4, 0.5) is 0 Å². The van der Waals surface area contributed by atoms with Gasteiger partial charge in [-0.1, -0.05) is 16.8 Å².